The largest absolute Gasteiger partial charge is 0.470 e. The smallest absolute Gasteiger partial charge is 0.397 e. The summed E-state index contributed by atoms with van der Waals surface area (Å²) < 4.78 is 1.94. The summed E-state index contributed by atoms with van der Waals surface area (Å²) in [5.41, 5.74) is 10.4. The number of amidine groups is 1. The Labute approximate surface area is 108 Å². The van der Waals surface area contributed by atoms with E-state index in [2.05, 4.69) is 29.5 Å². The van der Waals surface area contributed by atoms with Crippen LogP contribution in [0, 0.1) is 5.92 Å². The van der Waals surface area contributed by atoms with Crippen molar-refractivity contribution in [2.45, 2.75) is 13.0 Å². The number of fused-ring (bicyclic) bond motifs is 1. The van der Waals surface area contributed by atoms with Gasteiger partial charge in [0, 0.05) is 5.92 Å². The lowest BCUT2D eigenvalue weighted by molar-refractivity contribution is -0.482. The number of hydrogen-bond donors (Lipinski definition) is 2. The van der Waals surface area contributed by atoms with Crippen LogP contribution in [0.1, 0.15) is 6.92 Å². The van der Waals surface area contributed by atoms with Crippen molar-refractivity contribution in [2.75, 3.05) is 21.1 Å². The molecule has 0 saturated heterocycles. The van der Waals surface area contributed by atoms with Gasteiger partial charge in [0.05, 0.1) is 32.5 Å². The van der Waals surface area contributed by atoms with Gasteiger partial charge in [-0.25, -0.2) is 15.0 Å². The summed E-state index contributed by atoms with van der Waals surface area (Å²) >= 11 is 0. The Hall–Kier alpha value is -1.91. The van der Waals surface area contributed by atoms with Gasteiger partial charge in [-0.3, -0.25) is 0 Å². The van der Waals surface area contributed by atoms with E-state index in [4.69, 9.17) is 10.6 Å². The predicted molar refractivity (Wildman–Crippen MR) is 71.5 cm³/mol. The second-order valence-corrected chi connectivity index (χ2v) is 4.93. The zero-order chi connectivity index (χ0) is 13.3. The number of likely N-dealkylation sites (N-methyl/N-ethyl adjacent to an activating group) is 1. The first-order valence-corrected chi connectivity index (χ1v) is 6.07. The second-order valence-electron chi connectivity index (χ2n) is 4.93. The van der Waals surface area contributed by atoms with E-state index < -0.39 is 0 Å². The maximum absolute atomic E-state index is 5.99. The van der Waals surface area contributed by atoms with E-state index in [9.17, 15) is 0 Å². The summed E-state index contributed by atoms with van der Waals surface area (Å²) in [6.45, 7) is 2.18. The van der Waals surface area contributed by atoms with Crippen LogP contribution in [0.15, 0.2) is 35.7 Å². The highest BCUT2D eigenvalue weighted by Gasteiger charge is 2.34. The molecule has 5 heteroatoms. The predicted octanol–water partition coefficient (Wildman–Crippen LogP) is 0.382. The molecule has 0 spiro atoms. The number of allylic oxidation sites excluding steroid dienone is 2. The van der Waals surface area contributed by atoms with Gasteiger partial charge in [-0.1, -0.05) is 19.1 Å². The van der Waals surface area contributed by atoms with Crippen LogP contribution in [-0.2, 0) is 4.84 Å². The van der Waals surface area contributed by atoms with Gasteiger partial charge in [0.1, 0.15) is 6.04 Å². The minimum Gasteiger partial charge on any atom is -0.397 e. The molecule has 2 bridgehead atoms. The molecular weight excluding hydrogens is 228 g/mol. The number of nitrogens with two attached hydrogens (primary N) is 1. The quantitative estimate of drug-likeness (QED) is 0.610. The Balaban J connectivity index is 2.47. The number of nitrogens with zero attached hydrogens (tertiary/aromatic N) is 2. The molecule has 2 unspecified atom stereocenters. The zero-order valence-electron chi connectivity index (χ0n) is 11.3. The van der Waals surface area contributed by atoms with Gasteiger partial charge in [-0.2, -0.15) is 0 Å². The molecule has 5 nitrogen and oxygen atoms in total. The molecule has 1 aliphatic carbocycles. The molecule has 0 saturated carbocycles. The maximum atomic E-state index is 5.99. The first kappa shape index (κ1) is 12.5. The lowest BCUT2D eigenvalue weighted by atomic mass is 9.97. The third-order valence-corrected chi connectivity index (χ3v) is 3.26. The SMILES string of the molecule is CC1C=CC=C(N)C2=CC1N(C)C(=[N+](C)C)ON2. The van der Waals surface area contributed by atoms with Gasteiger partial charge in [0.15, 0.2) is 0 Å². The Kier molecular flexibility index (Phi) is 3.32. The third-order valence-electron chi connectivity index (χ3n) is 3.26. The molecule has 0 amide bonds. The molecule has 2 atom stereocenters. The third kappa shape index (κ3) is 2.20. The van der Waals surface area contributed by atoms with Crippen LogP contribution in [0.4, 0.5) is 0 Å². The minimum atomic E-state index is 0.205. The normalized spacial score (nSPS) is 27.1. The summed E-state index contributed by atoms with van der Waals surface area (Å²) in [6.07, 6.45) is 8.14. The van der Waals surface area contributed by atoms with Crippen molar-refractivity contribution in [1.29, 1.82) is 0 Å². The lowest BCUT2D eigenvalue weighted by Gasteiger charge is -2.23. The number of hydrogen-bond acceptors (Lipinski definition) is 3. The highest BCUT2D eigenvalue weighted by molar-refractivity contribution is 5.69. The van der Waals surface area contributed by atoms with E-state index in [0.717, 1.165) is 11.7 Å². The van der Waals surface area contributed by atoms with Crippen LogP contribution in [0.3, 0.4) is 0 Å². The van der Waals surface area contributed by atoms with Gasteiger partial charge >= 0.3 is 6.02 Å². The minimum absolute atomic E-state index is 0.205. The Morgan fingerprint density at radius 2 is 2.17 bits per heavy atom. The van der Waals surface area contributed by atoms with Gasteiger partial charge in [0.2, 0.25) is 0 Å². The maximum Gasteiger partial charge on any atom is 0.470 e. The number of rotatable bonds is 0. The molecule has 0 fully saturated rings. The van der Waals surface area contributed by atoms with E-state index in [1.54, 1.807) is 0 Å². The highest BCUT2D eigenvalue weighted by atomic mass is 16.7. The van der Waals surface area contributed by atoms with Crippen LogP contribution in [0.5, 0.6) is 0 Å². The highest BCUT2D eigenvalue weighted by Crippen LogP contribution is 2.21. The molecule has 98 valence electrons. The van der Waals surface area contributed by atoms with E-state index in [1.807, 2.05) is 37.9 Å². The number of hydroxylamine groups is 1. The first-order chi connectivity index (χ1) is 8.50. The monoisotopic (exact) mass is 249 g/mol. The summed E-state index contributed by atoms with van der Waals surface area (Å²) in [4.78, 5) is 7.73. The molecule has 2 rings (SSSR count). The second kappa shape index (κ2) is 4.76. The molecule has 1 heterocycles. The van der Waals surface area contributed by atoms with Crippen molar-refractivity contribution in [1.82, 2.24) is 10.4 Å². The molecule has 0 radical (unpaired) electrons. The van der Waals surface area contributed by atoms with Gasteiger partial charge in [-0.15, -0.1) is 0 Å². The van der Waals surface area contributed by atoms with Gasteiger partial charge < -0.3 is 10.6 Å². The summed E-state index contributed by atoms with van der Waals surface area (Å²) in [7, 11) is 5.93. The fourth-order valence-corrected chi connectivity index (χ4v) is 2.22. The first-order valence-electron chi connectivity index (χ1n) is 6.07. The van der Waals surface area contributed by atoms with Crippen LogP contribution >= 0.6 is 0 Å². The molecule has 18 heavy (non-hydrogen) atoms. The van der Waals surface area contributed by atoms with Crippen molar-refractivity contribution < 1.29 is 9.41 Å². The molecular formula is C13H21N4O+. The van der Waals surface area contributed by atoms with E-state index in [1.165, 1.54) is 0 Å². The molecule has 1 aliphatic heterocycles. The Bertz CT molecular complexity index is 458. The summed E-state index contributed by atoms with van der Waals surface area (Å²) in [5.74, 6) is 0.368. The number of nitrogens with one attached hydrogen (secondary N) is 1. The van der Waals surface area contributed by atoms with Gasteiger partial charge in [0.25, 0.3) is 0 Å². The van der Waals surface area contributed by atoms with Crippen LogP contribution < -0.4 is 11.2 Å². The lowest BCUT2D eigenvalue weighted by Crippen LogP contribution is -2.43. The fraction of sp³-hybridized carbons (Fsp3) is 0.462. The molecule has 2 aliphatic rings. The van der Waals surface area contributed by atoms with Crippen molar-refractivity contribution in [3.63, 3.8) is 0 Å². The van der Waals surface area contributed by atoms with Crippen LogP contribution in [0.25, 0.3) is 0 Å². The Morgan fingerprint density at radius 1 is 1.44 bits per heavy atom. The molecule has 0 aromatic carbocycles. The average molecular weight is 249 g/mol. The van der Waals surface area contributed by atoms with Crippen LogP contribution in [0.2, 0.25) is 0 Å². The molecule has 0 aromatic rings. The van der Waals surface area contributed by atoms with E-state index in [0.29, 0.717) is 11.6 Å². The average Bonchev–Trinajstić information content (AvgIpc) is 2.47. The fourth-order valence-electron chi connectivity index (χ4n) is 2.22. The standard InChI is InChI=1S/C13H21N4O/c1-9-6-5-7-10(14)11-8-12(9)17(4)13(16(2)3)18-15-11/h5-9,12,15H,14H2,1-4H3/q+1. The summed E-state index contributed by atoms with van der Waals surface area (Å²) in [6, 6.07) is 0.970. The van der Waals surface area contributed by atoms with Gasteiger partial charge in [-0.05, 0) is 12.2 Å². The van der Waals surface area contributed by atoms with E-state index >= 15 is 0 Å². The van der Waals surface area contributed by atoms with Crippen molar-refractivity contribution in [3.05, 3.63) is 35.7 Å². The van der Waals surface area contributed by atoms with Crippen molar-refractivity contribution in [3.8, 4) is 0 Å². The zero-order valence-corrected chi connectivity index (χ0v) is 11.3. The van der Waals surface area contributed by atoms with Crippen molar-refractivity contribution >= 4 is 6.02 Å². The molecule has 3 N–H and O–H groups in total. The Morgan fingerprint density at radius 3 is 2.83 bits per heavy atom. The van der Waals surface area contributed by atoms with Crippen LogP contribution in [-0.4, -0.2) is 42.7 Å². The topological polar surface area (TPSA) is 53.5 Å². The summed E-state index contributed by atoms with van der Waals surface area (Å²) in [5, 5.41) is 0. The van der Waals surface area contributed by atoms with E-state index in [-0.39, 0.29) is 6.04 Å². The van der Waals surface area contributed by atoms with Crippen molar-refractivity contribution in [2.24, 2.45) is 11.7 Å². The molecule has 0 aromatic heterocycles.